The lowest BCUT2D eigenvalue weighted by molar-refractivity contribution is 0.590. The summed E-state index contributed by atoms with van der Waals surface area (Å²) in [6.45, 7) is 11.6. The molecular weight excluding hydrogens is 631 g/mol. The zero-order valence-electron chi connectivity index (χ0n) is 30.4. The largest absolute Gasteiger partial charge is 0.309 e. The van der Waals surface area contributed by atoms with Crippen molar-refractivity contribution >= 4 is 55.9 Å². The van der Waals surface area contributed by atoms with Crippen LogP contribution in [0.1, 0.15) is 51.3 Å². The highest BCUT2D eigenvalue weighted by Gasteiger charge is 2.38. The average Bonchev–Trinajstić information content (AvgIpc) is 3.61. The number of anilines is 6. The molecule has 1 aliphatic heterocycles. The van der Waals surface area contributed by atoms with Crippen LogP contribution in [0.3, 0.4) is 0 Å². The highest BCUT2D eigenvalue weighted by Crippen LogP contribution is 2.56. The van der Waals surface area contributed by atoms with E-state index in [1.807, 2.05) is 0 Å². The van der Waals surface area contributed by atoms with Gasteiger partial charge in [0.2, 0.25) is 0 Å². The van der Waals surface area contributed by atoms with Crippen LogP contribution in [0, 0.1) is 0 Å². The molecule has 252 valence electrons. The van der Waals surface area contributed by atoms with Crippen LogP contribution in [0.15, 0.2) is 158 Å². The fraction of sp³-hybridized carbons (Fsp3) is 0.143. The van der Waals surface area contributed by atoms with Crippen LogP contribution in [0.4, 0.5) is 34.1 Å². The number of hydrogen-bond acceptors (Lipinski definition) is 2. The fourth-order valence-corrected chi connectivity index (χ4v) is 8.80. The summed E-state index contributed by atoms with van der Waals surface area (Å²) in [4.78, 5) is 4.87. The minimum absolute atomic E-state index is 0.0979. The van der Waals surface area contributed by atoms with Gasteiger partial charge in [0.15, 0.2) is 0 Å². The molecule has 0 amide bonds. The quantitative estimate of drug-likeness (QED) is 0.185. The third-order valence-electron chi connectivity index (χ3n) is 11.5. The van der Waals surface area contributed by atoms with Gasteiger partial charge in [-0.05, 0) is 106 Å². The molecule has 1 aliphatic carbocycles. The number of aromatic nitrogens is 1. The second-order valence-corrected chi connectivity index (χ2v) is 15.9. The maximum atomic E-state index is 2.45. The maximum absolute atomic E-state index is 2.45. The van der Waals surface area contributed by atoms with Crippen molar-refractivity contribution < 1.29 is 0 Å². The zero-order valence-corrected chi connectivity index (χ0v) is 30.4. The fourth-order valence-electron chi connectivity index (χ4n) is 8.80. The second kappa shape index (κ2) is 11.0. The third kappa shape index (κ3) is 4.38. The van der Waals surface area contributed by atoms with Crippen molar-refractivity contribution in [2.24, 2.45) is 0 Å². The van der Waals surface area contributed by atoms with E-state index in [2.05, 4.69) is 207 Å². The summed E-state index contributed by atoms with van der Waals surface area (Å²) < 4.78 is 2.43. The van der Waals surface area contributed by atoms with Gasteiger partial charge < -0.3 is 14.4 Å². The molecule has 0 bridgehead atoms. The van der Waals surface area contributed by atoms with Gasteiger partial charge in [0.25, 0.3) is 0 Å². The molecule has 2 aliphatic rings. The summed E-state index contributed by atoms with van der Waals surface area (Å²) in [5.74, 6) is 0. The Morgan fingerprint density at radius 1 is 0.423 bits per heavy atom. The first-order valence-electron chi connectivity index (χ1n) is 18.4. The Labute approximate surface area is 306 Å². The molecule has 0 saturated heterocycles. The number of benzene rings is 7. The van der Waals surface area contributed by atoms with Crippen LogP contribution in [-0.4, -0.2) is 4.57 Å². The molecular formula is C49H41N3. The van der Waals surface area contributed by atoms with E-state index in [1.54, 1.807) is 0 Å². The van der Waals surface area contributed by atoms with Crippen molar-refractivity contribution in [2.45, 2.75) is 45.4 Å². The summed E-state index contributed by atoms with van der Waals surface area (Å²) in [6, 6.07) is 58.4. The van der Waals surface area contributed by atoms with E-state index in [9.17, 15) is 0 Å². The van der Waals surface area contributed by atoms with E-state index >= 15 is 0 Å². The van der Waals surface area contributed by atoms with Gasteiger partial charge in [-0.25, -0.2) is 0 Å². The van der Waals surface area contributed by atoms with Crippen molar-refractivity contribution in [1.82, 2.24) is 4.57 Å². The Kier molecular flexibility index (Phi) is 6.48. The van der Waals surface area contributed by atoms with Crippen LogP contribution < -0.4 is 9.80 Å². The summed E-state index contributed by atoms with van der Waals surface area (Å²) in [5, 5.41) is 2.57. The van der Waals surface area contributed by atoms with E-state index in [0.29, 0.717) is 0 Å². The minimum Gasteiger partial charge on any atom is -0.309 e. The van der Waals surface area contributed by atoms with Gasteiger partial charge in [-0.2, -0.15) is 0 Å². The summed E-state index contributed by atoms with van der Waals surface area (Å²) in [5.41, 5.74) is 17.3. The number of fused-ring (bicyclic) bond motifs is 8. The molecule has 2 heterocycles. The van der Waals surface area contributed by atoms with Gasteiger partial charge in [-0.1, -0.05) is 120 Å². The third-order valence-corrected chi connectivity index (χ3v) is 11.5. The van der Waals surface area contributed by atoms with E-state index in [0.717, 1.165) is 5.69 Å². The highest BCUT2D eigenvalue weighted by atomic mass is 15.3. The van der Waals surface area contributed by atoms with E-state index in [4.69, 9.17) is 0 Å². The molecule has 7 aromatic carbocycles. The van der Waals surface area contributed by atoms with Gasteiger partial charge in [0.1, 0.15) is 0 Å². The molecule has 3 nitrogen and oxygen atoms in total. The Morgan fingerprint density at radius 2 is 0.827 bits per heavy atom. The first-order valence-corrected chi connectivity index (χ1v) is 18.4. The van der Waals surface area contributed by atoms with Crippen molar-refractivity contribution in [3.8, 4) is 16.8 Å². The minimum atomic E-state index is -0.189. The van der Waals surface area contributed by atoms with Crippen molar-refractivity contribution in [1.29, 1.82) is 0 Å². The summed E-state index contributed by atoms with van der Waals surface area (Å²) in [7, 11) is 0. The van der Waals surface area contributed by atoms with E-state index < -0.39 is 0 Å². The molecule has 1 aromatic heterocycles. The van der Waals surface area contributed by atoms with E-state index in [1.165, 1.54) is 83.7 Å². The molecule has 52 heavy (non-hydrogen) atoms. The second-order valence-electron chi connectivity index (χ2n) is 15.9. The van der Waals surface area contributed by atoms with Crippen LogP contribution in [0.25, 0.3) is 38.6 Å². The van der Waals surface area contributed by atoms with Crippen LogP contribution in [0.5, 0.6) is 0 Å². The van der Waals surface area contributed by atoms with Crippen molar-refractivity contribution in [2.75, 3.05) is 9.80 Å². The molecule has 0 radical (unpaired) electrons. The molecule has 8 aromatic rings. The first-order chi connectivity index (χ1) is 25.2. The maximum Gasteiger partial charge on any atom is 0.0703 e. The highest BCUT2D eigenvalue weighted by molar-refractivity contribution is 6.09. The first kappa shape index (κ1) is 30.7. The smallest absolute Gasteiger partial charge is 0.0703 e. The predicted molar refractivity (Wildman–Crippen MR) is 220 cm³/mol. The molecule has 0 fully saturated rings. The Morgan fingerprint density at radius 3 is 1.33 bits per heavy atom. The standard InChI is InChI=1S/C49H41N3/c1-48(2,3)32-22-24-33(25-23-32)50-44-18-10-12-20-46(44)52(47-21-13-11-19-45(47)50)35-27-29-37-36-28-26-34(30-40(36)49(4,5)41(37)31-35)51-42-16-8-6-14-38(42)39-15-7-9-17-43(39)51/h6-31H,1-5H3. The number of rotatable bonds is 3. The summed E-state index contributed by atoms with van der Waals surface area (Å²) >= 11 is 0. The molecule has 0 spiro atoms. The average molecular weight is 672 g/mol. The van der Waals surface area contributed by atoms with Gasteiger partial charge in [0, 0.05) is 33.2 Å². The Hall–Kier alpha value is -6.06. The molecule has 0 N–H and O–H groups in total. The number of para-hydroxylation sites is 6. The van der Waals surface area contributed by atoms with Gasteiger partial charge >= 0.3 is 0 Å². The topological polar surface area (TPSA) is 11.4 Å². The van der Waals surface area contributed by atoms with Gasteiger partial charge in [-0.3, -0.25) is 0 Å². The molecule has 0 unspecified atom stereocenters. The van der Waals surface area contributed by atoms with Gasteiger partial charge in [0.05, 0.1) is 33.8 Å². The van der Waals surface area contributed by atoms with Crippen LogP contribution in [-0.2, 0) is 10.8 Å². The van der Waals surface area contributed by atoms with Crippen LogP contribution >= 0.6 is 0 Å². The van der Waals surface area contributed by atoms with E-state index in [-0.39, 0.29) is 10.8 Å². The Balaban J connectivity index is 1.09. The lowest BCUT2D eigenvalue weighted by Gasteiger charge is -2.40. The lowest BCUT2D eigenvalue weighted by atomic mass is 9.82. The number of nitrogens with zero attached hydrogens (tertiary/aromatic N) is 3. The molecule has 0 atom stereocenters. The number of hydrogen-bond donors (Lipinski definition) is 0. The van der Waals surface area contributed by atoms with Crippen LogP contribution in [0.2, 0.25) is 0 Å². The summed E-state index contributed by atoms with van der Waals surface area (Å²) in [6.07, 6.45) is 0. The van der Waals surface area contributed by atoms with Crippen molar-refractivity contribution in [3.63, 3.8) is 0 Å². The lowest BCUT2D eigenvalue weighted by Crippen LogP contribution is -2.24. The molecule has 3 heteroatoms. The van der Waals surface area contributed by atoms with Gasteiger partial charge in [-0.15, -0.1) is 0 Å². The zero-order chi connectivity index (χ0) is 35.4. The predicted octanol–water partition coefficient (Wildman–Crippen LogP) is 13.6. The molecule has 0 saturated carbocycles. The Bertz CT molecular complexity index is 2600. The van der Waals surface area contributed by atoms with Crippen molar-refractivity contribution in [3.05, 3.63) is 174 Å². The normalized spacial score (nSPS) is 14.3. The monoisotopic (exact) mass is 671 g/mol. The molecule has 10 rings (SSSR count). The SMILES string of the molecule is CC(C)(C)c1ccc(N2c3ccccc3N(c3ccc4c(c3)C(C)(C)c3cc(-n5c6ccccc6c6ccccc65)ccc3-4)c3ccccc32)cc1.